The maximum absolute atomic E-state index is 13.0. The van der Waals surface area contributed by atoms with Crippen LogP contribution in [0.4, 0.5) is 22.7 Å². The predicted octanol–water partition coefficient (Wildman–Crippen LogP) is 5.39. The molecule has 3 amide bonds. The molecule has 0 aromatic heterocycles. The highest BCUT2D eigenvalue weighted by Gasteiger charge is 2.15. The molecule has 4 rings (SSSR count). The predicted molar refractivity (Wildman–Crippen MR) is 151 cm³/mol. The number of amides is 3. The first-order chi connectivity index (χ1) is 18.7. The van der Waals surface area contributed by atoms with E-state index < -0.39 is 17.7 Å². The molecule has 4 aromatic carbocycles. The quantitative estimate of drug-likeness (QED) is 0.197. The molecule has 0 unspecified atom stereocenters. The summed E-state index contributed by atoms with van der Waals surface area (Å²) in [5.41, 5.74) is 3.08. The van der Waals surface area contributed by atoms with Crippen molar-refractivity contribution in [1.82, 2.24) is 0 Å². The van der Waals surface area contributed by atoms with Gasteiger partial charge in [0, 0.05) is 52.1 Å². The Bertz CT molecular complexity index is 1580. The first-order valence-electron chi connectivity index (χ1n) is 12.0. The lowest BCUT2D eigenvalue weighted by atomic mass is 10.1. The van der Waals surface area contributed by atoms with E-state index in [0.29, 0.717) is 28.2 Å². The summed E-state index contributed by atoms with van der Waals surface area (Å²) in [4.78, 5) is 50.0. The van der Waals surface area contributed by atoms with Gasteiger partial charge in [-0.25, -0.2) is 0 Å². The van der Waals surface area contributed by atoms with Gasteiger partial charge in [0.05, 0.1) is 0 Å². The average Bonchev–Trinajstić information content (AvgIpc) is 2.93. The molecular weight excluding hydrogens is 496 g/mol. The van der Waals surface area contributed by atoms with Crippen molar-refractivity contribution in [2.75, 3.05) is 28.3 Å². The van der Waals surface area contributed by atoms with Crippen molar-refractivity contribution in [3.05, 3.63) is 113 Å². The molecule has 0 bridgehead atoms. The maximum atomic E-state index is 13.0. The molecule has 9 heteroatoms. The number of anilines is 4. The van der Waals surface area contributed by atoms with Crippen molar-refractivity contribution >= 4 is 46.3 Å². The van der Waals surface area contributed by atoms with Crippen molar-refractivity contribution in [2.24, 2.45) is 0 Å². The Morgan fingerprint density at radius 3 is 1.46 bits per heavy atom. The Hall–Kier alpha value is -5.44. The summed E-state index contributed by atoms with van der Waals surface area (Å²) >= 11 is 0. The van der Waals surface area contributed by atoms with Gasteiger partial charge in [0.25, 0.3) is 17.7 Å². The summed E-state index contributed by atoms with van der Waals surface area (Å²) in [6, 6.07) is 23.9. The van der Waals surface area contributed by atoms with E-state index in [4.69, 9.17) is 0 Å². The summed E-state index contributed by atoms with van der Waals surface area (Å²) in [6.07, 6.45) is 0. The topological polar surface area (TPSA) is 137 Å². The van der Waals surface area contributed by atoms with Gasteiger partial charge in [-0.1, -0.05) is 24.3 Å². The number of benzene rings is 4. The first kappa shape index (κ1) is 26.6. The summed E-state index contributed by atoms with van der Waals surface area (Å²) < 4.78 is 0. The van der Waals surface area contributed by atoms with Crippen molar-refractivity contribution in [1.29, 1.82) is 0 Å². The Morgan fingerprint density at radius 1 is 0.538 bits per heavy atom. The van der Waals surface area contributed by atoms with Crippen LogP contribution in [-0.4, -0.2) is 35.7 Å². The molecule has 0 fully saturated rings. The van der Waals surface area contributed by atoms with E-state index in [9.17, 15) is 24.3 Å². The van der Waals surface area contributed by atoms with Gasteiger partial charge >= 0.3 is 0 Å². The highest BCUT2D eigenvalue weighted by molar-refractivity contribution is 6.10. The van der Waals surface area contributed by atoms with Crippen LogP contribution < -0.4 is 21.3 Å². The molecule has 39 heavy (non-hydrogen) atoms. The normalized spacial score (nSPS) is 10.3. The number of hydrogen-bond acceptors (Lipinski definition) is 6. The molecule has 5 N–H and O–H groups in total. The van der Waals surface area contributed by atoms with E-state index in [1.165, 1.54) is 31.2 Å². The van der Waals surface area contributed by atoms with E-state index in [2.05, 4.69) is 21.3 Å². The maximum Gasteiger partial charge on any atom is 0.255 e. The molecule has 0 saturated carbocycles. The van der Waals surface area contributed by atoms with E-state index in [1.807, 2.05) is 6.07 Å². The fraction of sp³-hybridized carbons (Fsp3) is 0.0667. The minimum Gasteiger partial charge on any atom is -0.508 e. The standard InChI is InChI=1S/C30H26N4O5/c1-18(35)19-6-3-7-20(12-19)28(37)32-25-10-5-11-26(17-25)34-30(39)22-13-21(14-27(36)15-22)29(38)33-24-9-4-8-23(16-24)31-2/h3-17,31,36H,1-2H3,(H,32,37)(H,33,38)(H,34,39). The molecule has 4 aromatic rings. The monoisotopic (exact) mass is 522 g/mol. The molecule has 0 aliphatic heterocycles. The molecule has 0 atom stereocenters. The third-order valence-electron chi connectivity index (χ3n) is 5.76. The van der Waals surface area contributed by atoms with Crippen LogP contribution in [0.1, 0.15) is 48.4 Å². The highest BCUT2D eigenvalue weighted by Crippen LogP contribution is 2.22. The fourth-order valence-electron chi connectivity index (χ4n) is 3.79. The zero-order valence-electron chi connectivity index (χ0n) is 21.2. The van der Waals surface area contributed by atoms with E-state index in [-0.39, 0.29) is 22.7 Å². The molecular formula is C30H26N4O5. The van der Waals surface area contributed by atoms with Crippen LogP contribution in [0.25, 0.3) is 0 Å². The number of hydrogen-bond donors (Lipinski definition) is 5. The number of phenols is 1. The largest absolute Gasteiger partial charge is 0.508 e. The van der Waals surface area contributed by atoms with Gasteiger partial charge in [-0.05, 0) is 73.7 Å². The number of carbonyl (C=O) groups is 4. The second-order valence-corrected chi connectivity index (χ2v) is 8.68. The van der Waals surface area contributed by atoms with E-state index >= 15 is 0 Å². The van der Waals surface area contributed by atoms with Crippen LogP contribution >= 0.6 is 0 Å². The fourth-order valence-corrected chi connectivity index (χ4v) is 3.79. The number of rotatable bonds is 8. The van der Waals surface area contributed by atoms with Crippen LogP contribution in [-0.2, 0) is 0 Å². The molecule has 0 aliphatic carbocycles. The highest BCUT2D eigenvalue weighted by atomic mass is 16.3. The number of ketones is 1. The van der Waals surface area contributed by atoms with Crippen molar-refractivity contribution < 1.29 is 24.3 Å². The third-order valence-corrected chi connectivity index (χ3v) is 5.76. The van der Waals surface area contributed by atoms with Gasteiger partial charge in [-0.3, -0.25) is 19.2 Å². The molecule has 0 radical (unpaired) electrons. The number of phenolic OH excluding ortho intramolecular Hbond substituents is 1. The zero-order valence-corrected chi connectivity index (χ0v) is 21.2. The minimum atomic E-state index is -0.560. The number of Topliss-reactive ketones (excluding diaryl/α,β-unsaturated/α-hetero) is 1. The van der Waals surface area contributed by atoms with Crippen LogP contribution in [0.3, 0.4) is 0 Å². The van der Waals surface area contributed by atoms with Gasteiger partial charge in [0.1, 0.15) is 5.75 Å². The second-order valence-electron chi connectivity index (χ2n) is 8.68. The minimum absolute atomic E-state index is 0.0691. The number of aromatic hydroxyl groups is 1. The molecule has 0 heterocycles. The smallest absolute Gasteiger partial charge is 0.255 e. The SMILES string of the molecule is CNc1cccc(NC(=O)c2cc(O)cc(C(=O)Nc3cccc(NC(=O)c4cccc(C(C)=O)c4)c3)c2)c1. The van der Waals surface area contributed by atoms with Crippen molar-refractivity contribution in [3.63, 3.8) is 0 Å². The lowest BCUT2D eigenvalue weighted by Gasteiger charge is -2.11. The molecule has 9 nitrogen and oxygen atoms in total. The number of nitrogens with one attached hydrogen (secondary N) is 4. The Kier molecular flexibility index (Phi) is 8.01. The van der Waals surface area contributed by atoms with Crippen LogP contribution in [0, 0.1) is 0 Å². The zero-order chi connectivity index (χ0) is 27.9. The van der Waals surface area contributed by atoms with Gasteiger partial charge in [0.15, 0.2) is 5.78 Å². The molecule has 0 aliphatic rings. The lowest BCUT2D eigenvalue weighted by molar-refractivity contribution is 0.100. The Balaban J connectivity index is 1.46. The van der Waals surface area contributed by atoms with Gasteiger partial charge in [-0.15, -0.1) is 0 Å². The molecule has 0 spiro atoms. The summed E-state index contributed by atoms with van der Waals surface area (Å²) in [7, 11) is 1.76. The number of carbonyl (C=O) groups excluding carboxylic acids is 4. The molecule has 0 saturated heterocycles. The van der Waals surface area contributed by atoms with Crippen molar-refractivity contribution in [2.45, 2.75) is 6.92 Å². The van der Waals surface area contributed by atoms with Gasteiger partial charge in [-0.2, -0.15) is 0 Å². The molecule has 196 valence electrons. The van der Waals surface area contributed by atoms with E-state index in [0.717, 1.165) is 5.69 Å². The van der Waals surface area contributed by atoms with Gasteiger partial charge < -0.3 is 26.4 Å². The second kappa shape index (κ2) is 11.7. The first-order valence-corrected chi connectivity index (χ1v) is 12.0. The van der Waals surface area contributed by atoms with Crippen molar-refractivity contribution in [3.8, 4) is 5.75 Å². The summed E-state index contributed by atoms with van der Waals surface area (Å²) in [5, 5.41) is 21.4. The van der Waals surface area contributed by atoms with Crippen LogP contribution in [0.15, 0.2) is 91.0 Å². The van der Waals surface area contributed by atoms with E-state index in [1.54, 1.807) is 67.7 Å². The summed E-state index contributed by atoms with van der Waals surface area (Å²) in [6.45, 7) is 1.42. The van der Waals surface area contributed by atoms with Crippen LogP contribution in [0.5, 0.6) is 5.75 Å². The third kappa shape index (κ3) is 6.86. The Morgan fingerprint density at radius 2 is 0.949 bits per heavy atom. The van der Waals surface area contributed by atoms with Crippen LogP contribution in [0.2, 0.25) is 0 Å². The lowest BCUT2D eigenvalue weighted by Crippen LogP contribution is -2.16. The Labute approximate surface area is 224 Å². The average molecular weight is 523 g/mol. The summed E-state index contributed by atoms with van der Waals surface area (Å²) in [5.74, 6) is -1.86. The van der Waals surface area contributed by atoms with Gasteiger partial charge in [0.2, 0.25) is 0 Å².